The third kappa shape index (κ3) is 6.08. The molecule has 0 fully saturated rings. The van der Waals surface area contributed by atoms with Gasteiger partial charge in [-0.3, -0.25) is 4.79 Å². The Labute approximate surface area is 181 Å². The number of benzene rings is 2. The average Bonchev–Trinajstić information content (AvgIpc) is 2.68. The summed E-state index contributed by atoms with van der Waals surface area (Å²) in [6.45, 7) is 3.87. The standard InChI is InChI=1S/C20H20BrClFNO5/c1-4-7-28-18-14(21)8-12(9-17(18)27-3)20(26)29-11(2)19(25)24-16-6-5-13(23)10-15(16)22/h5-6,8-11H,4,7H2,1-3H3,(H,24,25). The maximum Gasteiger partial charge on any atom is 0.339 e. The predicted molar refractivity (Wildman–Crippen MR) is 111 cm³/mol. The zero-order valence-corrected chi connectivity index (χ0v) is 18.4. The zero-order valence-electron chi connectivity index (χ0n) is 16.1. The Balaban J connectivity index is 2.10. The van der Waals surface area contributed by atoms with Crippen LogP contribution in [0.4, 0.5) is 10.1 Å². The number of rotatable bonds is 8. The zero-order chi connectivity index (χ0) is 21.6. The Morgan fingerprint density at radius 3 is 2.62 bits per heavy atom. The Kier molecular flexibility index (Phi) is 8.28. The van der Waals surface area contributed by atoms with Gasteiger partial charge in [-0.05, 0) is 59.6 Å². The van der Waals surface area contributed by atoms with Crippen LogP contribution in [0.1, 0.15) is 30.6 Å². The average molecular weight is 489 g/mol. The van der Waals surface area contributed by atoms with Gasteiger partial charge in [0.15, 0.2) is 17.6 Å². The van der Waals surface area contributed by atoms with Crippen LogP contribution in [0.2, 0.25) is 5.02 Å². The number of hydrogen-bond donors (Lipinski definition) is 1. The van der Waals surface area contributed by atoms with Crippen molar-refractivity contribution in [3.05, 3.63) is 51.2 Å². The van der Waals surface area contributed by atoms with Crippen LogP contribution in [0.5, 0.6) is 11.5 Å². The van der Waals surface area contributed by atoms with Gasteiger partial charge in [-0.15, -0.1) is 0 Å². The van der Waals surface area contributed by atoms with Crippen LogP contribution in [0, 0.1) is 5.82 Å². The number of hydrogen-bond acceptors (Lipinski definition) is 5. The summed E-state index contributed by atoms with van der Waals surface area (Å²) in [6.07, 6.45) is -0.311. The molecule has 1 atom stereocenters. The molecule has 2 rings (SSSR count). The van der Waals surface area contributed by atoms with E-state index in [0.29, 0.717) is 22.6 Å². The van der Waals surface area contributed by atoms with Crippen molar-refractivity contribution in [2.24, 2.45) is 0 Å². The van der Waals surface area contributed by atoms with Crippen LogP contribution in [0.3, 0.4) is 0 Å². The van der Waals surface area contributed by atoms with Gasteiger partial charge in [0, 0.05) is 0 Å². The fourth-order valence-electron chi connectivity index (χ4n) is 2.29. The maximum atomic E-state index is 13.1. The lowest BCUT2D eigenvalue weighted by Crippen LogP contribution is -2.30. The van der Waals surface area contributed by atoms with E-state index in [2.05, 4.69) is 21.2 Å². The first kappa shape index (κ1) is 23.0. The summed E-state index contributed by atoms with van der Waals surface area (Å²) in [6, 6.07) is 6.54. The molecule has 0 aliphatic heterocycles. The molecule has 9 heteroatoms. The SMILES string of the molecule is CCCOc1c(Br)cc(C(=O)OC(C)C(=O)Nc2ccc(F)cc2Cl)cc1OC. The van der Waals surface area contributed by atoms with Gasteiger partial charge in [0.05, 0.1) is 34.5 Å². The van der Waals surface area contributed by atoms with Gasteiger partial charge in [-0.2, -0.15) is 0 Å². The van der Waals surface area contributed by atoms with E-state index in [4.69, 9.17) is 25.8 Å². The quantitative estimate of drug-likeness (QED) is 0.516. The summed E-state index contributed by atoms with van der Waals surface area (Å²) in [5, 5.41) is 2.53. The molecule has 0 aliphatic rings. The van der Waals surface area contributed by atoms with Crippen LogP contribution in [-0.2, 0) is 9.53 Å². The summed E-state index contributed by atoms with van der Waals surface area (Å²) in [5.74, 6) is -1.03. The molecule has 1 amide bonds. The minimum absolute atomic E-state index is 0.0354. The smallest absolute Gasteiger partial charge is 0.339 e. The van der Waals surface area contributed by atoms with Crippen molar-refractivity contribution in [3.8, 4) is 11.5 Å². The first-order chi connectivity index (χ1) is 13.8. The fraction of sp³-hybridized carbons (Fsp3) is 0.300. The van der Waals surface area contributed by atoms with Gasteiger partial charge in [0.2, 0.25) is 0 Å². The van der Waals surface area contributed by atoms with Crippen molar-refractivity contribution < 1.29 is 28.2 Å². The third-order valence-electron chi connectivity index (χ3n) is 3.76. The molecule has 1 N–H and O–H groups in total. The van der Waals surface area contributed by atoms with E-state index in [-0.39, 0.29) is 16.3 Å². The molecule has 2 aromatic rings. The highest BCUT2D eigenvalue weighted by molar-refractivity contribution is 9.10. The molecule has 0 aromatic heterocycles. The largest absolute Gasteiger partial charge is 0.493 e. The van der Waals surface area contributed by atoms with Gasteiger partial charge >= 0.3 is 5.97 Å². The van der Waals surface area contributed by atoms with Crippen LogP contribution >= 0.6 is 27.5 Å². The predicted octanol–water partition coefficient (Wildman–Crippen LogP) is 5.22. The van der Waals surface area contributed by atoms with Crippen molar-refractivity contribution in [2.75, 3.05) is 19.0 Å². The number of anilines is 1. The van der Waals surface area contributed by atoms with Crippen molar-refractivity contribution >= 4 is 45.1 Å². The minimum Gasteiger partial charge on any atom is -0.493 e. The van der Waals surface area contributed by atoms with E-state index in [0.717, 1.165) is 18.6 Å². The van der Waals surface area contributed by atoms with Crippen LogP contribution in [0.25, 0.3) is 0 Å². The molecule has 2 aromatic carbocycles. The van der Waals surface area contributed by atoms with Crippen LogP contribution < -0.4 is 14.8 Å². The lowest BCUT2D eigenvalue weighted by molar-refractivity contribution is -0.123. The Morgan fingerprint density at radius 1 is 1.28 bits per heavy atom. The molecule has 0 aliphatic carbocycles. The van der Waals surface area contributed by atoms with Gasteiger partial charge < -0.3 is 19.5 Å². The topological polar surface area (TPSA) is 73.9 Å². The highest BCUT2D eigenvalue weighted by Gasteiger charge is 2.22. The fourth-order valence-corrected chi connectivity index (χ4v) is 3.06. The van der Waals surface area contributed by atoms with Gasteiger partial charge in [0.1, 0.15) is 5.82 Å². The molecule has 0 saturated carbocycles. The molecule has 6 nitrogen and oxygen atoms in total. The summed E-state index contributed by atoms with van der Waals surface area (Å²) >= 11 is 9.24. The number of ether oxygens (including phenoxy) is 3. The van der Waals surface area contributed by atoms with Gasteiger partial charge in [0.25, 0.3) is 5.91 Å². The number of amides is 1. The first-order valence-corrected chi connectivity index (χ1v) is 9.91. The molecule has 1 unspecified atom stereocenters. The maximum absolute atomic E-state index is 13.1. The third-order valence-corrected chi connectivity index (χ3v) is 4.66. The molecule has 156 valence electrons. The molecule has 29 heavy (non-hydrogen) atoms. The van der Waals surface area contributed by atoms with E-state index >= 15 is 0 Å². The van der Waals surface area contributed by atoms with Crippen LogP contribution in [-0.4, -0.2) is 31.7 Å². The van der Waals surface area contributed by atoms with E-state index in [1.807, 2.05) is 6.92 Å². The molecular weight excluding hydrogens is 469 g/mol. The second kappa shape index (κ2) is 10.5. The number of methoxy groups -OCH3 is 1. The Hall–Kier alpha value is -2.32. The number of carbonyl (C=O) groups excluding carboxylic acids is 2. The highest BCUT2D eigenvalue weighted by atomic mass is 79.9. The lowest BCUT2D eigenvalue weighted by atomic mass is 10.2. The molecule has 0 bridgehead atoms. The van der Waals surface area contributed by atoms with E-state index in [1.54, 1.807) is 0 Å². The first-order valence-electron chi connectivity index (χ1n) is 8.74. The highest BCUT2D eigenvalue weighted by Crippen LogP contribution is 2.37. The molecular formula is C20H20BrClFNO5. The summed E-state index contributed by atoms with van der Waals surface area (Å²) in [7, 11) is 1.46. The van der Waals surface area contributed by atoms with Gasteiger partial charge in [-0.1, -0.05) is 18.5 Å². The number of nitrogens with one attached hydrogen (secondary N) is 1. The summed E-state index contributed by atoms with van der Waals surface area (Å²) in [4.78, 5) is 24.8. The Morgan fingerprint density at radius 2 is 2.00 bits per heavy atom. The minimum atomic E-state index is -1.12. The summed E-state index contributed by atoms with van der Waals surface area (Å²) < 4.78 is 29.8. The van der Waals surface area contributed by atoms with E-state index in [1.165, 1.54) is 32.2 Å². The monoisotopic (exact) mass is 487 g/mol. The normalized spacial score (nSPS) is 11.5. The summed E-state index contributed by atoms with van der Waals surface area (Å²) in [5.41, 5.74) is 0.389. The second-order valence-corrected chi connectivity index (χ2v) is 7.26. The second-order valence-electron chi connectivity index (χ2n) is 6.00. The van der Waals surface area contributed by atoms with E-state index in [9.17, 15) is 14.0 Å². The van der Waals surface area contributed by atoms with E-state index < -0.39 is 23.8 Å². The van der Waals surface area contributed by atoms with Crippen LogP contribution in [0.15, 0.2) is 34.8 Å². The number of halogens is 3. The number of esters is 1. The number of carbonyl (C=O) groups is 2. The molecule has 0 saturated heterocycles. The van der Waals surface area contributed by atoms with Crippen molar-refractivity contribution in [1.29, 1.82) is 0 Å². The molecule has 0 spiro atoms. The Bertz CT molecular complexity index is 909. The van der Waals surface area contributed by atoms with Crippen molar-refractivity contribution in [2.45, 2.75) is 26.4 Å². The molecule has 0 heterocycles. The van der Waals surface area contributed by atoms with Crippen molar-refractivity contribution in [3.63, 3.8) is 0 Å². The lowest BCUT2D eigenvalue weighted by Gasteiger charge is -2.16. The molecule has 0 radical (unpaired) electrons. The van der Waals surface area contributed by atoms with Crippen molar-refractivity contribution in [1.82, 2.24) is 0 Å². The van der Waals surface area contributed by atoms with Gasteiger partial charge in [-0.25, -0.2) is 9.18 Å².